The molecule has 0 spiro atoms. The number of carbonyl (C=O) groups excluding carboxylic acids is 1. The lowest BCUT2D eigenvalue weighted by atomic mass is 9.99. The van der Waals surface area contributed by atoms with Crippen molar-refractivity contribution in [3.05, 3.63) is 71.2 Å². The minimum absolute atomic E-state index is 0.190. The Bertz CT molecular complexity index is 1210. The fraction of sp³-hybridized carbons (Fsp3) is 0.280. The highest BCUT2D eigenvalue weighted by atomic mass is 32.1. The molecule has 0 unspecified atom stereocenters. The van der Waals surface area contributed by atoms with Gasteiger partial charge in [-0.15, -0.1) is 21.5 Å². The fourth-order valence-corrected chi connectivity index (χ4v) is 4.55. The lowest BCUT2D eigenvalue weighted by Gasteiger charge is -2.29. The van der Waals surface area contributed by atoms with E-state index >= 15 is 0 Å². The topological polar surface area (TPSA) is 84.2 Å². The summed E-state index contributed by atoms with van der Waals surface area (Å²) in [5.41, 5.74) is 3.17. The molecule has 1 amide bonds. The smallest absolute Gasteiger partial charge is 0.257 e. The number of hydrogen-bond donors (Lipinski definition) is 1. The minimum Gasteiger partial charge on any atom is -0.416 e. The van der Waals surface area contributed by atoms with Crippen molar-refractivity contribution in [2.75, 3.05) is 18.4 Å². The van der Waals surface area contributed by atoms with E-state index in [0.29, 0.717) is 22.5 Å². The molecule has 5 rings (SSSR count). The van der Waals surface area contributed by atoms with Crippen LogP contribution in [0.4, 0.5) is 5.13 Å². The van der Waals surface area contributed by atoms with Crippen molar-refractivity contribution in [3.8, 4) is 22.9 Å². The third kappa shape index (κ3) is 5.18. The largest absolute Gasteiger partial charge is 0.416 e. The predicted molar refractivity (Wildman–Crippen MR) is 129 cm³/mol. The Hall–Kier alpha value is -3.36. The van der Waals surface area contributed by atoms with Crippen molar-refractivity contribution >= 4 is 22.4 Å². The number of carbonyl (C=O) groups is 1. The summed E-state index contributed by atoms with van der Waals surface area (Å²) in [5.74, 6) is 1.50. The van der Waals surface area contributed by atoms with E-state index in [1.807, 2.05) is 47.8 Å². The quantitative estimate of drug-likeness (QED) is 0.419. The van der Waals surface area contributed by atoms with Gasteiger partial charge in [-0.25, -0.2) is 4.98 Å². The first-order valence-electron chi connectivity index (χ1n) is 11.1. The van der Waals surface area contributed by atoms with E-state index in [-0.39, 0.29) is 5.91 Å². The zero-order chi connectivity index (χ0) is 22.6. The highest BCUT2D eigenvalue weighted by Gasteiger charge is 2.17. The van der Waals surface area contributed by atoms with Crippen LogP contribution in [0.2, 0.25) is 0 Å². The van der Waals surface area contributed by atoms with Crippen molar-refractivity contribution < 1.29 is 9.21 Å². The normalized spacial score (nSPS) is 14.9. The number of nitrogens with zero attached hydrogens (tertiary/aromatic N) is 4. The lowest BCUT2D eigenvalue weighted by Crippen LogP contribution is -2.32. The second-order valence-corrected chi connectivity index (χ2v) is 9.27. The summed E-state index contributed by atoms with van der Waals surface area (Å²) in [7, 11) is 0. The van der Waals surface area contributed by atoms with Crippen LogP contribution >= 0.6 is 11.3 Å². The first kappa shape index (κ1) is 21.5. The van der Waals surface area contributed by atoms with E-state index in [2.05, 4.69) is 32.3 Å². The zero-order valence-corrected chi connectivity index (χ0v) is 19.2. The SMILES string of the molecule is CC1CCN(Cc2csc(NC(=O)c3ccc(-c4nnc(-c5ccccc5)o4)cc3)n2)CC1. The van der Waals surface area contributed by atoms with Gasteiger partial charge in [-0.05, 0) is 68.2 Å². The van der Waals surface area contributed by atoms with Crippen molar-refractivity contribution in [2.24, 2.45) is 5.92 Å². The second-order valence-electron chi connectivity index (χ2n) is 8.41. The maximum absolute atomic E-state index is 12.7. The predicted octanol–water partition coefficient (Wildman–Crippen LogP) is 5.34. The third-order valence-corrected chi connectivity index (χ3v) is 6.68. The van der Waals surface area contributed by atoms with E-state index < -0.39 is 0 Å². The molecule has 0 atom stereocenters. The van der Waals surface area contributed by atoms with Crippen LogP contribution in [0.3, 0.4) is 0 Å². The molecular formula is C25H25N5O2S. The number of piperidine rings is 1. The molecule has 0 bridgehead atoms. The number of anilines is 1. The number of benzene rings is 2. The average molecular weight is 460 g/mol. The summed E-state index contributed by atoms with van der Waals surface area (Å²) in [6.07, 6.45) is 2.47. The number of thiazole rings is 1. The number of amides is 1. The molecule has 1 aliphatic heterocycles. The Balaban J connectivity index is 1.20. The van der Waals surface area contributed by atoms with E-state index in [4.69, 9.17) is 4.42 Å². The Kier molecular flexibility index (Phi) is 6.28. The molecular weight excluding hydrogens is 434 g/mol. The molecule has 3 heterocycles. The lowest BCUT2D eigenvalue weighted by molar-refractivity contribution is 0.102. The van der Waals surface area contributed by atoms with Crippen molar-refractivity contribution in [2.45, 2.75) is 26.3 Å². The summed E-state index contributed by atoms with van der Waals surface area (Å²) >= 11 is 1.46. The molecule has 1 N–H and O–H groups in total. The van der Waals surface area contributed by atoms with Crippen LogP contribution in [0.1, 0.15) is 35.8 Å². The molecule has 2 aromatic heterocycles. The molecule has 7 nitrogen and oxygen atoms in total. The van der Waals surface area contributed by atoms with Crippen LogP contribution in [0.5, 0.6) is 0 Å². The van der Waals surface area contributed by atoms with Gasteiger partial charge in [0, 0.05) is 28.6 Å². The van der Waals surface area contributed by atoms with Crippen molar-refractivity contribution in [1.82, 2.24) is 20.1 Å². The van der Waals surface area contributed by atoms with E-state index in [1.54, 1.807) is 12.1 Å². The molecule has 0 aliphatic carbocycles. The van der Waals surface area contributed by atoms with Gasteiger partial charge in [0.15, 0.2) is 5.13 Å². The van der Waals surface area contributed by atoms with Crippen molar-refractivity contribution in [3.63, 3.8) is 0 Å². The first-order chi connectivity index (χ1) is 16.1. The molecule has 1 saturated heterocycles. The standard InChI is InChI=1S/C25H25N5O2S/c1-17-11-13-30(14-12-17)15-21-16-33-25(26-21)27-22(31)18-7-9-20(10-8-18)24-29-28-23(32-24)19-5-3-2-4-6-19/h2-10,16-17H,11-15H2,1H3,(H,26,27,31). The Morgan fingerprint density at radius 1 is 1.03 bits per heavy atom. The van der Waals surface area contributed by atoms with Gasteiger partial charge in [0.1, 0.15) is 0 Å². The third-order valence-electron chi connectivity index (χ3n) is 5.87. The number of hydrogen-bond acceptors (Lipinski definition) is 7. The van der Waals surface area contributed by atoms with Gasteiger partial charge in [-0.2, -0.15) is 0 Å². The maximum atomic E-state index is 12.7. The van der Waals surface area contributed by atoms with Gasteiger partial charge >= 0.3 is 0 Å². The zero-order valence-electron chi connectivity index (χ0n) is 18.4. The van der Waals surface area contributed by atoms with Crippen LogP contribution < -0.4 is 5.32 Å². The molecule has 0 radical (unpaired) electrons. The Labute approximate surface area is 196 Å². The number of rotatable bonds is 6. The molecule has 1 aliphatic rings. The highest BCUT2D eigenvalue weighted by Crippen LogP contribution is 2.25. The first-order valence-corrected chi connectivity index (χ1v) is 12.0. The summed E-state index contributed by atoms with van der Waals surface area (Å²) < 4.78 is 5.79. The molecule has 168 valence electrons. The van der Waals surface area contributed by atoms with Gasteiger partial charge in [-0.1, -0.05) is 25.1 Å². The average Bonchev–Trinajstić information content (AvgIpc) is 3.51. The summed E-state index contributed by atoms with van der Waals surface area (Å²) in [5, 5.41) is 13.8. The molecule has 33 heavy (non-hydrogen) atoms. The maximum Gasteiger partial charge on any atom is 0.257 e. The van der Waals surface area contributed by atoms with Crippen LogP contribution in [0, 0.1) is 5.92 Å². The van der Waals surface area contributed by atoms with Crippen LogP contribution in [0.15, 0.2) is 64.4 Å². The van der Waals surface area contributed by atoms with Crippen LogP contribution in [-0.2, 0) is 6.54 Å². The van der Waals surface area contributed by atoms with Gasteiger partial charge in [-0.3, -0.25) is 15.0 Å². The minimum atomic E-state index is -0.190. The summed E-state index contributed by atoms with van der Waals surface area (Å²) in [4.78, 5) is 19.7. The number of aromatic nitrogens is 3. The molecule has 8 heteroatoms. The summed E-state index contributed by atoms with van der Waals surface area (Å²) in [6.45, 7) is 5.37. The summed E-state index contributed by atoms with van der Waals surface area (Å²) in [6, 6.07) is 16.7. The van der Waals surface area contributed by atoms with E-state index in [1.165, 1.54) is 24.2 Å². The molecule has 0 saturated carbocycles. The van der Waals surface area contributed by atoms with E-state index in [0.717, 1.165) is 42.4 Å². The Morgan fingerprint density at radius 3 is 2.39 bits per heavy atom. The van der Waals surface area contributed by atoms with E-state index in [9.17, 15) is 4.79 Å². The van der Waals surface area contributed by atoms with Crippen molar-refractivity contribution in [1.29, 1.82) is 0 Å². The van der Waals surface area contributed by atoms with Gasteiger partial charge in [0.05, 0.1) is 5.69 Å². The fourth-order valence-electron chi connectivity index (χ4n) is 3.86. The molecule has 1 fully saturated rings. The van der Waals surface area contributed by atoms with Gasteiger partial charge < -0.3 is 4.42 Å². The number of nitrogens with one attached hydrogen (secondary N) is 1. The monoisotopic (exact) mass is 459 g/mol. The van der Waals surface area contributed by atoms with Gasteiger partial charge in [0.2, 0.25) is 11.8 Å². The second kappa shape index (κ2) is 9.64. The molecule has 4 aromatic rings. The van der Waals surface area contributed by atoms with Crippen LogP contribution in [-0.4, -0.2) is 39.1 Å². The number of likely N-dealkylation sites (tertiary alicyclic amines) is 1. The highest BCUT2D eigenvalue weighted by molar-refractivity contribution is 7.14. The Morgan fingerprint density at radius 2 is 1.70 bits per heavy atom. The van der Waals surface area contributed by atoms with Gasteiger partial charge in [0.25, 0.3) is 5.91 Å². The molecule has 2 aromatic carbocycles. The van der Waals surface area contributed by atoms with Crippen LogP contribution in [0.25, 0.3) is 22.9 Å².